The molecule has 0 atom stereocenters. The van der Waals surface area contributed by atoms with Crippen molar-refractivity contribution in [2.75, 3.05) is 11.8 Å². The van der Waals surface area contributed by atoms with Crippen LogP contribution in [0.15, 0.2) is 60.0 Å². The number of ether oxygens (including phenoxy) is 1. The molecule has 0 spiro atoms. The van der Waals surface area contributed by atoms with Crippen LogP contribution in [0, 0.1) is 6.92 Å². The third-order valence-electron chi connectivity index (χ3n) is 3.63. The van der Waals surface area contributed by atoms with Gasteiger partial charge in [0, 0.05) is 10.4 Å². The van der Waals surface area contributed by atoms with E-state index in [0.29, 0.717) is 5.13 Å². The third kappa shape index (κ3) is 4.50. The number of anilines is 1. The first-order valence-electron chi connectivity index (χ1n) is 7.85. The highest BCUT2D eigenvalue weighted by atomic mass is 32.2. The second-order valence-corrected chi connectivity index (χ2v) is 8.28. The summed E-state index contributed by atoms with van der Waals surface area (Å²) in [5.41, 5.74) is 2.47. The number of nitrogens with one attached hydrogen (secondary N) is 1. The predicted octanol–water partition coefficient (Wildman–Crippen LogP) is 4.54. The topological polar surface area (TPSA) is 68.3 Å². The first-order valence-corrected chi connectivity index (χ1v) is 10.2. The van der Waals surface area contributed by atoms with Crippen molar-refractivity contribution in [2.24, 2.45) is 0 Å². The number of hydrogen-bond donors (Lipinski definition) is 1. The number of rotatable bonds is 6. The van der Waals surface area contributed by atoms with Crippen LogP contribution in [-0.2, 0) is 10.0 Å². The molecule has 3 aromatic rings. The fourth-order valence-corrected chi connectivity index (χ4v) is 4.24. The van der Waals surface area contributed by atoms with Gasteiger partial charge >= 0.3 is 0 Å². The normalized spacial score (nSPS) is 11.6. The molecule has 2 aromatic carbocycles. The molecular weight excluding hydrogens is 368 g/mol. The van der Waals surface area contributed by atoms with Gasteiger partial charge in [0.1, 0.15) is 5.75 Å². The minimum Gasteiger partial charge on any atom is -0.497 e. The van der Waals surface area contributed by atoms with Gasteiger partial charge in [-0.05, 0) is 42.8 Å². The predicted molar refractivity (Wildman–Crippen MR) is 107 cm³/mol. The minimum absolute atomic E-state index is 0.339. The summed E-state index contributed by atoms with van der Waals surface area (Å²) in [4.78, 5) is 5.36. The lowest BCUT2D eigenvalue weighted by molar-refractivity contribution is 0.415. The number of methoxy groups -OCH3 is 1. The molecule has 0 aliphatic heterocycles. The van der Waals surface area contributed by atoms with Crippen LogP contribution in [0.2, 0.25) is 0 Å². The second-order valence-electron chi connectivity index (χ2n) is 5.51. The molecule has 0 fully saturated rings. The molecule has 3 rings (SSSR count). The van der Waals surface area contributed by atoms with E-state index in [1.165, 1.54) is 11.3 Å². The van der Waals surface area contributed by atoms with E-state index in [1.54, 1.807) is 13.2 Å². The SMILES string of the molecule is COc1ccc(-c2nc(NS(=O)(=O)/C=C/c3ccccc3)sc2C)cc1. The molecule has 26 heavy (non-hydrogen) atoms. The van der Waals surface area contributed by atoms with Crippen LogP contribution >= 0.6 is 11.3 Å². The lowest BCUT2D eigenvalue weighted by Gasteiger charge is -2.02. The molecule has 0 radical (unpaired) electrons. The average Bonchev–Trinajstić information content (AvgIpc) is 3.00. The molecular formula is C19H18N2O3S2. The molecule has 0 bridgehead atoms. The fraction of sp³-hybridized carbons (Fsp3) is 0.105. The number of hydrogen-bond acceptors (Lipinski definition) is 5. The van der Waals surface area contributed by atoms with E-state index < -0.39 is 10.0 Å². The molecule has 0 aliphatic carbocycles. The zero-order valence-corrected chi connectivity index (χ0v) is 16.0. The zero-order chi connectivity index (χ0) is 18.6. The monoisotopic (exact) mass is 386 g/mol. The molecule has 134 valence electrons. The van der Waals surface area contributed by atoms with E-state index in [1.807, 2.05) is 61.5 Å². The Morgan fingerprint density at radius 1 is 1.08 bits per heavy atom. The van der Waals surface area contributed by atoms with Crippen LogP contribution in [0.3, 0.4) is 0 Å². The Hall–Kier alpha value is -2.64. The average molecular weight is 386 g/mol. The summed E-state index contributed by atoms with van der Waals surface area (Å²) < 4.78 is 32.2. The van der Waals surface area contributed by atoms with Crippen molar-refractivity contribution in [3.05, 3.63) is 70.4 Å². The van der Waals surface area contributed by atoms with E-state index >= 15 is 0 Å². The van der Waals surface area contributed by atoms with Crippen LogP contribution < -0.4 is 9.46 Å². The zero-order valence-electron chi connectivity index (χ0n) is 14.3. The Kier molecular flexibility index (Phi) is 5.39. The van der Waals surface area contributed by atoms with Crippen molar-refractivity contribution in [3.8, 4) is 17.0 Å². The largest absolute Gasteiger partial charge is 0.497 e. The standard InChI is InChI=1S/C19H18N2O3S2/c1-14-18(16-8-10-17(24-2)11-9-16)20-19(25-14)21-26(22,23)13-12-15-6-4-3-5-7-15/h3-13H,1-2H3,(H,20,21)/b13-12+. The molecule has 1 N–H and O–H groups in total. The van der Waals surface area contributed by atoms with Gasteiger partial charge < -0.3 is 4.74 Å². The molecule has 7 heteroatoms. The van der Waals surface area contributed by atoms with E-state index in [2.05, 4.69) is 9.71 Å². The summed E-state index contributed by atoms with van der Waals surface area (Å²) in [7, 11) is -2.02. The quantitative estimate of drug-likeness (QED) is 0.675. The first kappa shape index (κ1) is 18.2. The van der Waals surface area contributed by atoms with Gasteiger partial charge in [0.05, 0.1) is 18.2 Å². The molecule has 0 saturated heterocycles. The first-order chi connectivity index (χ1) is 12.5. The van der Waals surface area contributed by atoms with Gasteiger partial charge in [-0.1, -0.05) is 30.3 Å². The molecule has 1 heterocycles. The number of thiazole rings is 1. The Morgan fingerprint density at radius 2 is 1.77 bits per heavy atom. The van der Waals surface area contributed by atoms with Gasteiger partial charge in [-0.25, -0.2) is 13.4 Å². The summed E-state index contributed by atoms with van der Waals surface area (Å²) in [6.45, 7) is 1.91. The van der Waals surface area contributed by atoms with E-state index in [0.717, 1.165) is 32.9 Å². The smallest absolute Gasteiger partial charge is 0.256 e. The van der Waals surface area contributed by atoms with Crippen molar-refractivity contribution >= 4 is 32.6 Å². The number of aromatic nitrogens is 1. The highest BCUT2D eigenvalue weighted by molar-refractivity contribution is 7.95. The summed E-state index contributed by atoms with van der Waals surface area (Å²) in [5, 5.41) is 1.48. The van der Waals surface area contributed by atoms with Crippen molar-refractivity contribution in [3.63, 3.8) is 0 Å². The van der Waals surface area contributed by atoms with E-state index in [-0.39, 0.29) is 0 Å². The Bertz CT molecular complexity index is 1010. The van der Waals surface area contributed by atoms with Gasteiger partial charge in [-0.3, -0.25) is 4.72 Å². The van der Waals surface area contributed by atoms with Crippen LogP contribution in [-0.4, -0.2) is 20.5 Å². The Balaban J connectivity index is 1.79. The number of nitrogens with zero attached hydrogens (tertiary/aromatic N) is 1. The Morgan fingerprint density at radius 3 is 2.42 bits per heavy atom. The molecule has 0 saturated carbocycles. The third-order valence-corrected chi connectivity index (χ3v) is 5.62. The summed E-state index contributed by atoms with van der Waals surface area (Å²) in [6, 6.07) is 16.7. The van der Waals surface area contributed by atoms with Gasteiger partial charge in [-0.2, -0.15) is 0 Å². The van der Waals surface area contributed by atoms with Crippen LogP contribution in [0.5, 0.6) is 5.75 Å². The van der Waals surface area contributed by atoms with Crippen molar-refractivity contribution in [1.29, 1.82) is 0 Å². The summed E-state index contributed by atoms with van der Waals surface area (Å²) >= 11 is 1.30. The Labute approximate surface area is 157 Å². The van der Waals surface area contributed by atoms with Crippen LogP contribution in [0.25, 0.3) is 17.3 Å². The second kappa shape index (κ2) is 7.72. The number of sulfonamides is 1. The van der Waals surface area contributed by atoms with Crippen molar-refractivity contribution in [1.82, 2.24) is 4.98 Å². The maximum absolute atomic E-state index is 12.3. The van der Waals surface area contributed by atoms with Gasteiger partial charge in [0.2, 0.25) is 0 Å². The van der Waals surface area contributed by atoms with Crippen LogP contribution in [0.1, 0.15) is 10.4 Å². The van der Waals surface area contributed by atoms with Gasteiger partial charge in [0.15, 0.2) is 5.13 Å². The van der Waals surface area contributed by atoms with E-state index in [9.17, 15) is 8.42 Å². The fourth-order valence-electron chi connectivity index (χ4n) is 2.34. The molecule has 1 aromatic heterocycles. The number of aryl methyl sites for hydroxylation is 1. The minimum atomic E-state index is -3.63. The highest BCUT2D eigenvalue weighted by Crippen LogP contribution is 2.31. The maximum Gasteiger partial charge on any atom is 0.256 e. The summed E-state index contributed by atoms with van der Waals surface area (Å²) in [5.74, 6) is 0.758. The van der Waals surface area contributed by atoms with Gasteiger partial charge in [0.25, 0.3) is 10.0 Å². The van der Waals surface area contributed by atoms with Gasteiger partial charge in [-0.15, -0.1) is 11.3 Å². The lowest BCUT2D eigenvalue weighted by Crippen LogP contribution is -2.08. The van der Waals surface area contributed by atoms with Crippen molar-refractivity contribution in [2.45, 2.75) is 6.92 Å². The van der Waals surface area contributed by atoms with Crippen molar-refractivity contribution < 1.29 is 13.2 Å². The van der Waals surface area contributed by atoms with E-state index in [4.69, 9.17) is 4.74 Å². The molecule has 0 aliphatic rings. The lowest BCUT2D eigenvalue weighted by atomic mass is 10.1. The highest BCUT2D eigenvalue weighted by Gasteiger charge is 2.14. The molecule has 0 unspecified atom stereocenters. The maximum atomic E-state index is 12.3. The summed E-state index contributed by atoms with van der Waals surface area (Å²) in [6.07, 6.45) is 1.55. The molecule has 0 amide bonds. The van der Waals surface area contributed by atoms with Crippen LogP contribution in [0.4, 0.5) is 5.13 Å². The number of benzene rings is 2. The molecule has 5 nitrogen and oxygen atoms in total.